The molecule has 0 saturated carbocycles. The van der Waals surface area contributed by atoms with Crippen LogP contribution in [0.4, 0.5) is 5.13 Å². The summed E-state index contributed by atoms with van der Waals surface area (Å²) in [6.07, 6.45) is 3.35. The highest BCUT2D eigenvalue weighted by molar-refractivity contribution is 7.19. The van der Waals surface area contributed by atoms with E-state index in [4.69, 9.17) is 0 Å². The molecule has 0 aliphatic carbocycles. The van der Waals surface area contributed by atoms with Crippen molar-refractivity contribution in [2.45, 2.75) is 6.92 Å². The van der Waals surface area contributed by atoms with Gasteiger partial charge in [-0.1, -0.05) is 65.9 Å². The van der Waals surface area contributed by atoms with Crippen LogP contribution in [0.25, 0.3) is 21.2 Å². The van der Waals surface area contributed by atoms with Crippen molar-refractivity contribution in [3.63, 3.8) is 0 Å². The molecule has 1 N–H and O–H groups in total. The number of hydrogen-bond acceptors (Lipinski definition) is 4. The largest absolute Gasteiger partial charge is 0.298 e. The average molecular weight is 345 g/mol. The van der Waals surface area contributed by atoms with E-state index in [2.05, 4.69) is 15.3 Å². The Bertz CT molecular complexity index is 1050. The first-order chi connectivity index (χ1) is 12.2. The number of nitrogens with one attached hydrogen (secondary N) is 1. The molecule has 0 atom stereocenters. The number of aryl methyl sites for hydroxylation is 1. The Morgan fingerprint density at radius 1 is 1.00 bits per heavy atom. The van der Waals surface area contributed by atoms with Gasteiger partial charge in [0.15, 0.2) is 5.13 Å². The predicted molar refractivity (Wildman–Crippen MR) is 102 cm³/mol. The second kappa shape index (κ2) is 6.45. The quantitative estimate of drug-likeness (QED) is 0.573. The lowest BCUT2D eigenvalue weighted by Crippen LogP contribution is -2.12. The Labute approximate surface area is 149 Å². The minimum atomic E-state index is -0.197. The molecule has 122 valence electrons. The van der Waals surface area contributed by atoms with Gasteiger partial charge in [-0.05, 0) is 17.9 Å². The lowest BCUT2D eigenvalue weighted by Gasteiger charge is -2.05. The van der Waals surface area contributed by atoms with Crippen LogP contribution in [0.5, 0.6) is 0 Å². The summed E-state index contributed by atoms with van der Waals surface area (Å²) in [5.41, 5.74) is 2.56. The molecular formula is C20H15N3OS. The van der Waals surface area contributed by atoms with E-state index in [1.165, 1.54) is 11.3 Å². The van der Waals surface area contributed by atoms with Crippen molar-refractivity contribution in [2.75, 3.05) is 5.32 Å². The minimum Gasteiger partial charge on any atom is -0.298 e. The van der Waals surface area contributed by atoms with Crippen LogP contribution in [-0.2, 0) is 0 Å². The van der Waals surface area contributed by atoms with Crippen LogP contribution in [0.15, 0.2) is 67.0 Å². The lowest BCUT2D eigenvalue weighted by atomic mass is 10.1. The van der Waals surface area contributed by atoms with Crippen molar-refractivity contribution in [3.8, 4) is 10.4 Å². The number of carbonyl (C=O) groups is 1. The molecule has 0 aliphatic rings. The number of anilines is 1. The van der Waals surface area contributed by atoms with Gasteiger partial charge >= 0.3 is 0 Å². The number of pyridine rings is 1. The number of hydrogen-bond donors (Lipinski definition) is 1. The molecule has 0 radical (unpaired) electrons. The molecule has 4 rings (SSSR count). The molecule has 4 aromatic rings. The number of amides is 1. The van der Waals surface area contributed by atoms with Crippen LogP contribution >= 0.6 is 11.3 Å². The summed E-state index contributed by atoms with van der Waals surface area (Å²) in [5, 5.41) is 5.32. The van der Waals surface area contributed by atoms with Gasteiger partial charge in [0.1, 0.15) is 0 Å². The Morgan fingerprint density at radius 2 is 1.76 bits per heavy atom. The molecule has 2 heterocycles. The number of nitrogens with zero attached hydrogens (tertiary/aromatic N) is 2. The Morgan fingerprint density at radius 3 is 2.60 bits per heavy atom. The van der Waals surface area contributed by atoms with Gasteiger partial charge in [0.05, 0.1) is 16.1 Å². The number of carbonyl (C=O) groups excluding carboxylic acids is 1. The van der Waals surface area contributed by atoms with E-state index in [1.807, 2.05) is 61.5 Å². The first kappa shape index (κ1) is 15.5. The smallest absolute Gasteiger partial charge is 0.259 e. The summed E-state index contributed by atoms with van der Waals surface area (Å²) < 4.78 is 0. The van der Waals surface area contributed by atoms with E-state index in [0.29, 0.717) is 10.7 Å². The molecule has 0 bridgehead atoms. The van der Waals surface area contributed by atoms with Crippen molar-refractivity contribution < 1.29 is 4.79 Å². The third-order valence-electron chi connectivity index (χ3n) is 3.97. The Balaban J connectivity index is 1.65. The third-order valence-corrected chi connectivity index (χ3v) is 5.09. The van der Waals surface area contributed by atoms with Gasteiger partial charge in [0, 0.05) is 17.8 Å². The van der Waals surface area contributed by atoms with Gasteiger partial charge in [-0.25, -0.2) is 4.98 Å². The summed E-state index contributed by atoms with van der Waals surface area (Å²) >= 11 is 1.48. The van der Waals surface area contributed by atoms with E-state index in [1.54, 1.807) is 12.4 Å². The SMILES string of the molecule is Cc1nc(NC(=O)c2cncc3ccccc23)sc1-c1ccccc1. The zero-order valence-corrected chi connectivity index (χ0v) is 14.4. The number of rotatable bonds is 3. The van der Waals surface area contributed by atoms with Crippen molar-refractivity contribution >= 4 is 33.1 Å². The third kappa shape index (κ3) is 3.02. The van der Waals surface area contributed by atoms with Crippen molar-refractivity contribution in [1.82, 2.24) is 9.97 Å². The van der Waals surface area contributed by atoms with Crippen molar-refractivity contribution in [1.29, 1.82) is 0 Å². The van der Waals surface area contributed by atoms with E-state index >= 15 is 0 Å². The maximum atomic E-state index is 12.7. The lowest BCUT2D eigenvalue weighted by molar-refractivity contribution is 0.102. The Hall–Kier alpha value is -3.05. The topological polar surface area (TPSA) is 54.9 Å². The number of thiazole rings is 1. The zero-order chi connectivity index (χ0) is 17.2. The molecule has 0 spiro atoms. The van der Waals surface area contributed by atoms with E-state index in [0.717, 1.165) is 26.9 Å². The van der Waals surface area contributed by atoms with Gasteiger partial charge in [-0.2, -0.15) is 0 Å². The Kier molecular flexibility index (Phi) is 3.99. The first-order valence-electron chi connectivity index (χ1n) is 7.89. The predicted octanol–water partition coefficient (Wildman–Crippen LogP) is 4.92. The second-order valence-electron chi connectivity index (χ2n) is 5.66. The van der Waals surface area contributed by atoms with Crippen molar-refractivity contribution in [3.05, 3.63) is 78.2 Å². The monoisotopic (exact) mass is 345 g/mol. The summed E-state index contributed by atoms with van der Waals surface area (Å²) in [4.78, 5) is 22.4. The molecule has 2 aromatic carbocycles. The van der Waals surface area contributed by atoms with Gasteiger partial charge < -0.3 is 0 Å². The van der Waals surface area contributed by atoms with Gasteiger partial charge in [-0.3, -0.25) is 15.1 Å². The highest BCUT2D eigenvalue weighted by Crippen LogP contribution is 2.32. The maximum absolute atomic E-state index is 12.7. The summed E-state index contributed by atoms with van der Waals surface area (Å²) in [7, 11) is 0. The van der Waals surface area contributed by atoms with Crippen LogP contribution in [0.1, 0.15) is 16.1 Å². The first-order valence-corrected chi connectivity index (χ1v) is 8.71. The molecule has 5 heteroatoms. The van der Waals surface area contributed by atoms with Gasteiger partial charge in [0.2, 0.25) is 0 Å². The fourth-order valence-electron chi connectivity index (χ4n) is 2.77. The standard InChI is InChI=1S/C20H15N3OS/c1-13-18(14-7-3-2-4-8-14)25-20(22-13)23-19(24)17-12-21-11-15-9-5-6-10-16(15)17/h2-12H,1H3,(H,22,23,24). The van der Waals surface area contributed by atoms with Gasteiger partial charge in [0.25, 0.3) is 5.91 Å². The van der Waals surface area contributed by atoms with Crippen LogP contribution in [0.3, 0.4) is 0 Å². The van der Waals surface area contributed by atoms with E-state index < -0.39 is 0 Å². The number of fused-ring (bicyclic) bond motifs is 1. The molecular weight excluding hydrogens is 330 g/mol. The fourth-order valence-corrected chi connectivity index (χ4v) is 3.74. The molecule has 2 aromatic heterocycles. The summed E-state index contributed by atoms with van der Waals surface area (Å²) in [6.45, 7) is 1.95. The van der Waals surface area contributed by atoms with Crippen LogP contribution in [-0.4, -0.2) is 15.9 Å². The highest BCUT2D eigenvalue weighted by Gasteiger charge is 2.15. The molecule has 4 nitrogen and oxygen atoms in total. The zero-order valence-electron chi connectivity index (χ0n) is 13.6. The number of benzene rings is 2. The minimum absolute atomic E-state index is 0.197. The molecule has 0 aliphatic heterocycles. The van der Waals surface area contributed by atoms with Gasteiger partial charge in [-0.15, -0.1) is 0 Å². The van der Waals surface area contributed by atoms with Crippen LogP contribution in [0.2, 0.25) is 0 Å². The normalized spacial score (nSPS) is 10.8. The summed E-state index contributed by atoms with van der Waals surface area (Å²) in [5.74, 6) is -0.197. The maximum Gasteiger partial charge on any atom is 0.259 e. The fraction of sp³-hybridized carbons (Fsp3) is 0.0500. The molecule has 0 saturated heterocycles. The van der Waals surface area contributed by atoms with Crippen LogP contribution < -0.4 is 5.32 Å². The molecule has 25 heavy (non-hydrogen) atoms. The summed E-state index contributed by atoms with van der Waals surface area (Å²) in [6, 6.07) is 17.8. The van der Waals surface area contributed by atoms with E-state index in [-0.39, 0.29) is 5.91 Å². The highest BCUT2D eigenvalue weighted by atomic mass is 32.1. The average Bonchev–Trinajstić information content (AvgIpc) is 3.02. The number of aromatic nitrogens is 2. The molecule has 0 unspecified atom stereocenters. The molecule has 0 fully saturated rings. The second-order valence-corrected chi connectivity index (χ2v) is 6.66. The molecule has 1 amide bonds. The van der Waals surface area contributed by atoms with E-state index in [9.17, 15) is 4.79 Å². The van der Waals surface area contributed by atoms with Crippen molar-refractivity contribution in [2.24, 2.45) is 0 Å². The van der Waals surface area contributed by atoms with Crippen LogP contribution in [0, 0.1) is 6.92 Å².